The smallest absolute Gasteiger partial charge is 0.237 e. The Bertz CT molecular complexity index is 435. The summed E-state index contributed by atoms with van der Waals surface area (Å²) in [6, 6.07) is 6.19. The molecule has 0 aliphatic rings. The highest BCUT2D eigenvalue weighted by Crippen LogP contribution is 2.24. The fraction of sp³-hybridized carbons (Fsp3) is 0.562. The number of nitrogens with one attached hydrogen (secondary N) is 1. The zero-order chi connectivity index (χ0) is 15.3. The number of nitrogens with two attached hydrogens (primary N) is 1. The molecular weight excluding hydrogens is 252 g/mol. The summed E-state index contributed by atoms with van der Waals surface area (Å²) in [5.41, 5.74) is 7.01. The molecule has 0 saturated carbocycles. The van der Waals surface area contributed by atoms with E-state index >= 15 is 0 Å². The standard InChI is InChI=1S/C16H26N2O2/c1-11(16(2,3)4)10-18-15(20)14(17)9-12-5-7-13(19)8-6-12/h5-8,11,14,19H,9-10,17H2,1-4H3,(H,18,20). The van der Waals surface area contributed by atoms with Crippen LogP contribution < -0.4 is 11.1 Å². The van der Waals surface area contributed by atoms with E-state index in [4.69, 9.17) is 5.73 Å². The van der Waals surface area contributed by atoms with Gasteiger partial charge in [0.25, 0.3) is 0 Å². The lowest BCUT2D eigenvalue weighted by Gasteiger charge is -2.27. The van der Waals surface area contributed by atoms with Crippen molar-refractivity contribution < 1.29 is 9.90 Å². The van der Waals surface area contributed by atoms with Gasteiger partial charge in [0.2, 0.25) is 5.91 Å². The highest BCUT2D eigenvalue weighted by molar-refractivity contribution is 5.81. The van der Waals surface area contributed by atoms with Gasteiger partial charge in [-0.15, -0.1) is 0 Å². The van der Waals surface area contributed by atoms with Gasteiger partial charge in [-0.25, -0.2) is 0 Å². The second kappa shape index (κ2) is 6.75. The number of carbonyl (C=O) groups excluding carboxylic acids is 1. The minimum atomic E-state index is -0.563. The van der Waals surface area contributed by atoms with Crippen LogP contribution in [0.25, 0.3) is 0 Å². The quantitative estimate of drug-likeness (QED) is 0.771. The van der Waals surface area contributed by atoms with Crippen molar-refractivity contribution in [1.82, 2.24) is 5.32 Å². The molecule has 0 aromatic heterocycles. The number of benzene rings is 1. The number of phenolic OH excluding ortho intramolecular Hbond substituents is 1. The van der Waals surface area contributed by atoms with Gasteiger partial charge >= 0.3 is 0 Å². The number of aromatic hydroxyl groups is 1. The minimum Gasteiger partial charge on any atom is -0.508 e. The summed E-state index contributed by atoms with van der Waals surface area (Å²) in [4.78, 5) is 12.0. The molecule has 1 rings (SSSR count). The van der Waals surface area contributed by atoms with Crippen molar-refractivity contribution in [2.75, 3.05) is 6.54 Å². The van der Waals surface area contributed by atoms with Gasteiger partial charge < -0.3 is 16.2 Å². The van der Waals surface area contributed by atoms with Crippen LogP contribution in [-0.4, -0.2) is 23.6 Å². The van der Waals surface area contributed by atoms with E-state index in [-0.39, 0.29) is 17.1 Å². The Balaban J connectivity index is 2.45. The summed E-state index contributed by atoms with van der Waals surface area (Å²) >= 11 is 0. The lowest BCUT2D eigenvalue weighted by Crippen LogP contribution is -2.44. The highest BCUT2D eigenvalue weighted by Gasteiger charge is 2.21. The Morgan fingerprint density at radius 2 is 1.85 bits per heavy atom. The molecule has 0 bridgehead atoms. The van der Waals surface area contributed by atoms with Crippen LogP contribution in [0.2, 0.25) is 0 Å². The van der Waals surface area contributed by atoms with Gasteiger partial charge in [-0.1, -0.05) is 39.8 Å². The third-order valence-corrected chi connectivity index (χ3v) is 3.79. The maximum atomic E-state index is 12.0. The van der Waals surface area contributed by atoms with Crippen LogP contribution in [0.4, 0.5) is 0 Å². The first-order valence-electron chi connectivity index (χ1n) is 7.01. The normalized spacial score (nSPS) is 14.7. The SMILES string of the molecule is CC(CNC(=O)C(N)Cc1ccc(O)cc1)C(C)(C)C. The minimum absolute atomic E-state index is 0.130. The molecule has 1 aromatic rings. The summed E-state index contributed by atoms with van der Waals surface area (Å²) in [6.45, 7) is 9.21. The van der Waals surface area contributed by atoms with E-state index in [1.165, 1.54) is 0 Å². The Morgan fingerprint density at radius 1 is 1.30 bits per heavy atom. The number of hydrogen-bond donors (Lipinski definition) is 3. The molecule has 0 saturated heterocycles. The topological polar surface area (TPSA) is 75.4 Å². The summed E-state index contributed by atoms with van der Waals surface area (Å²) in [5, 5.41) is 12.1. The molecule has 2 unspecified atom stereocenters. The van der Waals surface area contributed by atoms with E-state index in [0.717, 1.165) is 5.56 Å². The maximum Gasteiger partial charge on any atom is 0.237 e. The zero-order valence-corrected chi connectivity index (χ0v) is 12.8. The van der Waals surface area contributed by atoms with Crippen LogP contribution in [0.1, 0.15) is 33.3 Å². The first-order valence-corrected chi connectivity index (χ1v) is 7.01. The Hall–Kier alpha value is -1.55. The molecule has 0 heterocycles. The fourth-order valence-corrected chi connectivity index (χ4v) is 1.67. The van der Waals surface area contributed by atoms with Crippen molar-refractivity contribution in [3.63, 3.8) is 0 Å². The molecule has 4 heteroatoms. The predicted octanol–water partition coefficient (Wildman–Crippen LogP) is 2.06. The van der Waals surface area contributed by atoms with Gasteiger partial charge in [0.05, 0.1) is 6.04 Å². The van der Waals surface area contributed by atoms with Gasteiger partial charge in [-0.3, -0.25) is 4.79 Å². The molecule has 112 valence electrons. The van der Waals surface area contributed by atoms with Crippen molar-refractivity contribution in [2.24, 2.45) is 17.1 Å². The molecule has 2 atom stereocenters. The van der Waals surface area contributed by atoms with Crippen molar-refractivity contribution >= 4 is 5.91 Å². The second-order valence-electron chi connectivity index (χ2n) is 6.49. The molecular formula is C16H26N2O2. The van der Waals surface area contributed by atoms with Gasteiger partial charge in [0, 0.05) is 6.54 Å². The Morgan fingerprint density at radius 3 is 2.35 bits per heavy atom. The molecule has 4 nitrogen and oxygen atoms in total. The molecule has 4 N–H and O–H groups in total. The van der Waals surface area contributed by atoms with Crippen molar-refractivity contribution in [1.29, 1.82) is 0 Å². The number of phenols is 1. The van der Waals surface area contributed by atoms with Crippen LogP contribution in [0.3, 0.4) is 0 Å². The average Bonchev–Trinajstić information content (AvgIpc) is 2.36. The van der Waals surface area contributed by atoms with Gasteiger partial charge in [-0.2, -0.15) is 0 Å². The van der Waals surface area contributed by atoms with E-state index < -0.39 is 6.04 Å². The summed E-state index contributed by atoms with van der Waals surface area (Å²) < 4.78 is 0. The van der Waals surface area contributed by atoms with Crippen molar-refractivity contribution in [3.8, 4) is 5.75 Å². The van der Waals surface area contributed by atoms with Crippen LogP contribution in [-0.2, 0) is 11.2 Å². The van der Waals surface area contributed by atoms with Crippen LogP contribution in [0.5, 0.6) is 5.75 Å². The first-order chi connectivity index (χ1) is 9.20. The van der Waals surface area contributed by atoms with Crippen LogP contribution in [0.15, 0.2) is 24.3 Å². The molecule has 0 radical (unpaired) electrons. The third-order valence-electron chi connectivity index (χ3n) is 3.79. The van der Waals surface area contributed by atoms with E-state index in [1.54, 1.807) is 24.3 Å². The fourth-order valence-electron chi connectivity index (χ4n) is 1.67. The van der Waals surface area contributed by atoms with Crippen LogP contribution in [0, 0.1) is 11.3 Å². The third kappa shape index (κ3) is 5.21. The van der Waals surface area contributed by atoms with E-state index in [2.05, 4.69) is 33.0 Å². The monoisotopic (exact) mass is 278 g/mol. The number of rotatable bonds is 5. The van der Waals surface area contributed by atoms with E-state index in [9.17, 15) is 9.90 Å². The number of hydrogen-bond acceptors (Lipinski definition) is 3. The van der Waals surface area contributed by atoms with Gasteiger partial charge in [-0.05, 0) is 35.4 Å². The second-order valence-corrected chi connectivity index (χ2v) is 6.49. The molecule has 1 amide bonds. The lowest BCUT2D eigenvalue weighted by atomic mass is 9.82. The molecule has 1 aromatic carbocycles. The molecule has 20 heavy (non-hydrogen) atoms. The van der Waals surface area contributed by atoms with Crippen molar-refractivity contribution in [2.45, 2.75) is 40.2 Å². The molecule has 0 fully saturated rings. The number of amides is 1. The summed E-state index contributed by atoms with van der Waals surface area (Å²) in [7, 11) is 0. The summed E-state index contributed by atoms with van der Waals surface area (Å²) in [5.74, 6) is 0.465. The largest absolute Gasteiger partial charge is 0.508 e. The Labute approximate surface area is 121 Å². The van der Waals surface area contributed by atoms with E-state index in [1.807, 2.05) is 0 Å². The predicted molar refractivity (Wildman–Crippen MR) is 81.4 cm³/mol. The maximum absolute atomic E-state index is 12.0. The number of carbonyl (C=O) groups is 1. The first kappa shape index (κ1) is 16.5. The molecule has 0 aliphatic heterocycles. The highest BCUT2D eigenvalue weighted by atomic mass is 16.3. The van der Waals surface area contributed by atoms with Gasteiger partial charge in [0.1, 0.15) is 5.75 Å². The average molecular weight is 278 g/mol. The zero-order valence-electron chi connectivity index (χ0n) is 12.8. The molecule has 0 spiro atoms. The van der Waals surface area contributed by atoms with Gasteiger partial charge in [0.15, 0.2) is 0 Å². The van der Waals surface area contributed by atoms with Crippen molar-refractivity contribution in [3.05, 3.63) is 29.8 Å². The van der Waals surface area contributed by atoms with E-state index in [0.29, 0.717) is 18.9 Å². The summed E-state index contributed by atoms with van der Waals surface area (Å²) in [6.07, 6.45) is 0.468. The Kier molecular flexibility index (Phi) is 5.57. The molecule has 0 aliphatic carbocycles. The van der Waals surface area contributed by atoms with Crippen LogP contribution >= 0.6 is 0 Å². The lowest BCUT2D eigenvalue weighted by molar-refractivity contribution is -0.122.